The molecule has 1 aromatic carbocycles. The first-order chi connectivity index (χ1) is 8.21. The third-order valence-corrected chi connectivity index (χ3v) is 2.97. The van der Waals surface area contributed by atoms with Crippen LogP contribution in [0.1, 0.15) is 44.4 Å². The third kappa shape index (κ3) is 3.69. The number of carbonyl (C=O) groups is 2. The lowest BCUT2D eigenvalue weighted by molar-refractivity contribution is -0.136. The summed E-state index contributed by atoms with van der Waals surface area (Å²) in [6, 6.07) is 6.25. The number of hydrogen-bond donors (Lipinski definition) is 1. The van der Waals surface area contributed by atoms with E-state index in [4.69, 9.17) is 0 Å². The van der Waals surface area contributed by atoms with Crippen molar-refractivity contribution in [3.63, 3.8) is 0 Å². The first-order valence-electron chi connectivity index (χ1n) is 6.10. The van der Waals surface area contributed by atoms with Gasteiger partial charge in [0.25, 0.3) is 5.91 Å². The highest BCUT2D eigenvalue weighted by Gasteiger charge is 2.15. The monoisotopic (exact) mass is 247 g/mol. The van der Waals surface area contributed by atoms with Crippen LogP contribution >= 0.6 is 0 Å². The van der Waals surface area contributed by atoms with Gasteiger partial charge in [0.2, 0.25) is 5.78 Å². The highest BCUT2D eigenvalue weighted by Crippen LogP contribution is 2.24. The molecule has 0 spiro atoms. The Bertz CT molecular complexity index is 470. The van der Waals surface area contributed by atoms with Crippen molar-refractivity contribution in [3.8, 4) is 0 Å². The van der Waals surface area contributed by atoms with Crippen molar-refractivity contribution in [2.45, 2.75) is 46.6 Å². The average molecular weight is 247 g/mol. The third-order valence-electron chi connectivity index (χ3n) is 2.97. The van der Waals surface area contributed by atoms with Gasteiger partial charge in [-0.2, -0.15) is 0 Å². The summed E-state index contributed by atoms with van der Waals surface area (Å²) < 4.78 is 0. The van der Waals surface area contributed by atoms with Crippen LogP contribution in [0.2, 0.25) is 0 Å². The summed E-state index contributed by atoms with van der Waals surface area (Å²) in [6.07, 6.45) is 0. The van der Waals surface area contributed by atoms with Crippen molar-refractivity contribution in [2.75, 3.05) is 0 Å². The normalized spacial score (nSPS) is 11.2. The molecule has 1 amide bonds. The minimum atomic E-state index is -0.532. The second kappa shape index (κ2) is 5.34. The zero-order valence-electron chi connectivity index (χ0n) is 11.8. The standard InChI is InChI=1S/C15H21NO2/c1-10-6-7-13(15(3,4)5)8-12(10)9-16-14(18)11(2)17/h6-8H,9H2,1-5H3,(H,16,18). The van der Waals surface area contributed by atoms with E-state index in [0.29, 0.717) is 6.54 Å². The van der Waals surface area contributed by atoms with Gasteiger partial charge in [-0.05, 0) is 29.0 Å². The van der Waals surface area contributed by atoms with Gasteiger partial charge in [0.1, 0.15) is 0 Å². The molecule has 0 saturated carbocycles. The van der Waals surface area contributed by atoms with E-state index in [1.807, 2.05) is 6.92 Å². The van der Waals surface area contributed by atoms with E-state index in [1.165, 1.54) is 12.5 Å². The molecule has 18 heavy (non-hydrogen) atoms. The van der Waals surface area contributed by atoms with Gasteiger partial charge in [-0.1, -0.05) is 39.0 Å². The van der Waals surface area contributed by atoms with Crippen LogP contribution in [0.25, 0.3) is 0 Å². The van der Waals surface area contributed by atoms with Gasteiger partial charge in [0.05, 0.1) is 0 Å². The lowest BCUT2D eigenvalue weighted by atomic mass is 9.85. The molecule has 0 aliphatic rings. The van der Waals surface area contributed by atoms with Crippen molar-refractivity contribution in [1.82, 2.24) is 5.32 Å². The van der Waals surface area contributed by atoms with E-state index in [9.17, 15) is 9.59 Å². The molecule has 0 saturated heterocycles. The van der Waals surface area contributed by atoms with Crippen molar-refractivity contribution < 1.29 is 9.59 Å². The number of aryl methyl sites for hydroxylation is 1. The van der Waals surface area contributed by atoms with Crippen molar-refractivity contribution in [1.29, 1.82) is 0 Å². The van der Waals surface area contributed by atoms with E-state index in [2.05, 4.69) is 44.3 Å². The molecule has 1 rings (SSSR count). The van der Waals surface area contributed by atoms with Crippen LogP contribution in [-0.2, 0) is 21.5 Å². The molecule has 1 aromatic rings. The molecular weight excluding hydrogens is 226 g/mol. The summed E-state index contributed by atoms with van der Waals surface area (Å²) in [4.78, 5) is 22.1. The van der Waals surface area contributed by atoms with Crippen LogP contribution in [0.3, 0.4) is 0 Å². The number of nitrogens with one attached hydrogen (secondary N) is 1. The second-order valence-corrected chi connectivity index (χ2v) is 5.63. The summed E-state index contributed by atoms with van der Waals surface area (Å²) in [5.41, 5.74) is 3.47. The van der Waals surface area contributed by atoms with Crippen LogP contribution in [0.4, 0.5) is 0 Å². The highest BCUT2D eigenvalue weighted by molar-refractivity contribution is 6.35. The van der Waals surface area contributed by atoms with Crippen LogP contribution in [0.15, 0.2) is 18.2 Å². The number of carbonyl (C=O) groups excluding carboxylic acids is 2. The Morgan fingerprint density at radius 2 is 1.83 bits per heavy atom. The van der Waals surface area contributed by atoms with Crippen LogP contribution < -0.4 is 5.32 Å². The van der Waals surface area contributed by atoms with Gasteiger partial charge in [0.15, 0.2) is 0 Å². The molecule has 3 nitrogen and oxygen atoms in total. The van der Waals surface area contributed by atoms with Gasteiger partial charge in [-0.3, -0.25) is 9.59 Å². The Morgan fingerprint density at radius 3 is 2.33 bits per heavy atom. The van der Waals surface area contributed by atoms with Crippen molar-refractivity contribution in [3.05, 3.63) is 34.9 Å². The minimum Gasteiger partial charge on any atom is -0.345 e. The largest absolute Gasteiger partial charge is 0.345 e. The van der Waals surface area contributed by atoms with Crippen molar-refractivity contribution in [2.24, 2.45) is 0 Å². The SMILES string of the molecule is CC(=O)C(=O)NCc1cc(C(C)(C)C)ccc1C. The first-order valence-corrected chi connectivity index (χ1v) is 6.10. The fourth-order valence-electron chi connectivity index (χ4n) is 1.63. The van der Waals surface area contributed by atoms with Gasteiger partial charge < -0.3 is 5.32 Å². The summed E-state index contributed by atoms with van der Waals surface area (Å²) >= 11 is 0. The Hall–Kier alpha value is -1.64. The van der Waals surface area contributed by atoms with Crippen LogP contribution in [0.5, 0.6) is 0 Å². The molecule has 0 aliphatic heterocycles. The predicted molar refractivity (Wildman–Crippen MR) is 72.4 cm³/mol. The molecule has 0 unspecified atom stereocenters. The van der Waals surface area contributed by atoms with Gasteiger partial charge in [-0.25, -0.2) is 0 Å². The smallest absolute Gasteiger partial charge is 0.287 e. The molecule has 0 atom stereocenters. The molecule has 0 heterocycles. The lowest BCUT2D eigenvalue weighted by Crippen LogP contribution is -2.29. The number of benzene rings is 1. The summed E-state index contributed by atoms with van der Waals surface area (Å²) in [5.74, 6) is -0.991. The average Bonchev–Trinajstić information content (AvgIpc) is 2.25. The Kier molecular flexibility index (Phi) is 4.28. The van der Waals surface area contributed by atoms with E-state index in [-0.39, 0.29) is 5.41 Å². The van der Waals surface area contributed by atoms with Gasteiger partial charge >= 0.3 is 0 Å². The van der Waals surface area contributed by atoms with E-state index < -0.39 is 11.7 Å². The van der Waals surface area contributed by atoms with Gasteiger partial charge in [-0.15, -0.1) is 0 Å². The molecule has 1 N–H and O–H groups in total. The molecule has 0 aliphatic carbocycles. The predicted octanol–water partition coefficient (Wildman–Crippen LogP) is 2.50. The molecule has 0 aromatic heterocycles. The Morgan fingerprint density at radius 1 is 1.22 bits per heavy atom. The summed E-state index contributed by atoms with van der Waals surface area (Å²) in [6.45, 7) is 10.1. The minimum absolute atomic E-state index is 0.0764. The molecule has 0 bridgehead atoms. The quantitative estimate of drug-likeness (QED) is 0.834. The van der Waals surface area contributed by atoms with Gasteiger partial charge in [0, 0.05) is 13.5 Å². The lowest BCUT2D eigenvalue weighted by Gasteiger charge is -2.21. The number of rotatable bonds is 3. The topological polar surface area (TPSA) is 46.2 Å². The molecular formula is C15H21NO2. The van der Waals surface area contributed by atoms with Crippen molar-refractivity contribution >= 4 is 11.7 Å². The summed E-state index contributed by atoms with van der Waals surface area (Å²) in [5, 5.41) is 2.63. The Labute approximate surface area is 109 Å². The fraction of sp³-hybridized carbons (Fsp3) is 0.467. The maximum Gasteiger partial charge on any atom is 0.287 e. The Balaban J connectivity index is 2.89. The molecule has 98 valence electrons. The van der Waals surface area contributed by atoms with E-state index in [0.717, 1.165) is 11.1 Å². The number of hydrogen-bond acceptors (Lipinski definition) is 2. The molecule has 3 heteroatoms. The fourth-order valence-corrected chi connectivity index (χ4v) is 1.63. The molecule has 0 radical (unpaired) electrons. The molecule has 0 fully saturated rings. The van der Waals surface area contributed by atoms with Crippen LogP contribution in [-0.4, -0.2) is 11.7 Å². The number of ketones is 1. The summed E-state index contributed by atoms with van der Waals surface area (Å²) in [7, 11) is 0. The zero-order chi connectivity index (χ0) is 13.9. The van der Waals surface area contributed by atoms with E-state index in [1.54, 1.807) is 0 Å². The van der Waals surface area contributed by atoms with E-state index >= 15 is 0 Å². The second-order valence-electron chi connectivity index (χ2n) is 5.63. The maximum atomic E-state index is 11.2. The maximum absolute atomic E-state index is 11.2. The highest BCUT2D eigenvalue weighted by atomic mass is 16.2. The number of Topliss-reactive ketones (excluding diaryl/α,β-unsaturated/α-hetero) is 1. The number of amides is 1. The van der Waals surface area contributed by atoms with Crippen LogP contribution in [0, 0.1) is 6.92 Å². The first kappa shape index (κ1) is 14.4. The zero-order valence-corrected chi connectivity index (χ0v) is 11.8.